The number of hydrogen-bond acceptors (Lipinski definition) is 3. The van der Waals surface area contributed by atoms with Crippen molar-refractivity contribution in [3.05, 3.63) is 64.7 Å². The molecule has 0 saturated heterocycles. The average molecular weight is 371 g/mol. The molecule has 0 bridgehead atoms. The van der Waals surface area contributed by atoms with Crippen molar-refractivity contribution in [2.24, 2.45) is 0 Å². The number of carbonyl (C=O) groups excluding carboxylic acids is 2. The highest BCUT2D eigenvalue weighted by Gasteiger charge is 2.32. The molecule has 26 heavy (non-hydrogen) atoms. The van der Waals surface area contributed by atoms with Gasteiger partial charge in [0.2, 0.25) is 0 Å². The Balaban J connectivity index is 1.86. The Morgan fingerprint density at radius 2 is 2.04 bits per heavy atom. The van der Waals surface area contributed by atoms with Gasteiger partial charge in [-0.1, -0.05) is 35.9 Å². The highest BCUT2D eigenvalue weighted by molar-refractivity contribution is 6.31. The summed E-state index contributed by atoms with van der Waals surface area (Å²) in [5, 5.41) is 3.21. The molecule has 134 valence electrons. The Hall–Kier alpha value is -2.79. The third-order valence-electron chi connectivity index (χ3n) is 4.19. The Labute approximate surface area is 157 Å². The minimum absolute atomic E-state index is 0.147. The second-order valence-electron chi connectivity index (χ2n) is 5.98. The number of anilines is 1. The van der Waals surface area contributed by atoms with Gasteiger partial charge in [-0.3, -0.25) is 9.59 Å². The summed E-state index contributed by atoms with van der Waals surface area (Å²) in [5.41, 5.74) is 2.45. The van der Waals surface area contributed by atoms with Gasteiger partial charge in [-0.05, 0) is 42.3 Å². The fraction of sp³-hybridized carbons (Fsp3) is 0.200. The Morgan fingerprint density at radius 1 is 1.27 bits per heavy atom. The monoisotopic (exact) mass is 370 g/mol. The smallest absolute Gasteiger partial charge is 0.262 e. The summed E-state index contributed by atoms with van der Waals surface area (Å²) in [6.07, 6.45) is 2.44. The molecule has 3 rings (SSSR count). The highest BCUT2D eigenvalue weighted by atomic mass is 35.5. The molecule has 0 aromatic heterocycles. The molecule has 2 amide bonds. The Kier molecular flexibility index (Phi) is 5.28. The molecule has 2 aromatic rings. The van der Waals surface area contributed by atoms with Crippen molar-refractivity contribution in [2.45, 2.75) is 13.0 Å². The second kappa shape index (κ2) is 7.62. The summed E-state index contributed by atoms with van der Waals surface area (Å²) < 4.78 is 5.71. The molecule has 6 heteroatoms. The summed E-state index contributed by atoms with van der Waals surface area (Å²) in [5.74, 6) is 0.00503. The van der Waals surface area contributed by atoms with Gasteiger partial charge in [0, 0.05) is 18.1 Å². The quantitative estimate of drug-likeness (QED) is 0.844. The zero-order chi connectivity index (χ0) is 18.7. The third-order valence-corrected chi connectivity index (χ3v) is 4.60. The molecule has 1 atom stereocenters. The highest BCUT2D eigenvalue weighted by Crippen LogP contribution is 2.33. The van der Waals surface area contributed by atoms with Gasteiger partial charge in [0.1, 0.15) is 5.75 Å². The summed E-state index contributed by atoms with van der Waals surface area (Å²) in [4.78, 5) is 26.3. The van der Waals surface area contributed by atoms with Gasteiger partial charge in [-0.15, -0.1) is 0 Å². The van der Waals surface area contributed by atoms with Crippen LogP contribution < -0.4 is 15.0 Å². The van der Waals surface area contributed by atoms with Crippen molar-refractivity contribution in [3.63, 3.8) is 0 Å². The lowest BCUT2D eigenvalue weighted by Gasteiger charge is -2.33. The SMILES string of the molecule is CNC(=O)[C@@H]1CN(C(=O)/C=C/c2ccc(C)c(Cl)c2)c2ccccc2O1. The van der Waals surface area contributed by atoms with E-state index in [0.717, 1.165) is 11.1 Å². The van der Waals surface area contributed by atoms with Crippen LogP contribution in [0, 0.1) is 6.92 Å². The van der Waals surface area contributed by atoms with Crippen LogP contribution in [0.15, 0.2) is 48.5 Å². The lowest BCUT2D eigenvalue weighted by Crippen LogP contribution is -2.49. The molecule has 1 aliphatic heterocycles. The fourth-order valence-corrected chi connectivity index (χ4v) is 2.90. The molecule has 1 aliphatic rings. The van der Waals surface area contributed by atoms with Crippen molar-refractivity contribution in [1.82, 2.24) is 5.32 Å². The number of para-hydroxylation sites is 2. The second-order valence-corrected chi connectivity index (χ2v) is 6.39. The lowest BCUT2D eigenvalue weighted by atomic mass is 10.1. The maximum Gasteiger partial charge on any atom is 0.262 e. The fourth-order valence-electron chi connectivity index (χ4n) is 2.71. The van der Waals surface area contributed by atoms with Crippen LogP contribution in [0.25, 0.3) is 6.08 Å². The van der Waals surface area contributed by atoms with Crippen LogP contribution in [0.4, 0.5) is 5.69 Å². The van der Waals surface area contributed by atoms with E-state index in [1.165, 1.54) is 6.08 Å². The first-order valence-electron chi connectivity index (χ1n) is 8.22. The number of hydrogen-bond donors (Lipinski definition) is 1. The van der Waals surface area contributed by atoms with E-state index in [9.17, 15) is 9.59 Å². The number of rotatable bonds is 3. The molecule has 1 N–H and O–H groups in total. The van der Waals surface area contributed by atoms with Crippen molar-refractivity contribution in [3.8, 4) is 5.75 Å². The van der Waals surface area contributed by atoms with Gasteiger partial charge in [-0.25, -0.2) is 0 Å². The van der Waals surface area contributed by atoms with Crippen LogP contribution in [-0.4, -0.2) is 31.5 Å². The topological polar surface area (TPSA) is 58.6 Å². The number of nitrogens with one attached hydrogen (secondary N) is 1. The van der Waals surface area contributed by atoms with Crippen LogP contribution >= 0.6 is 11.6 Å². The molecule has 0 saturated carbocycles. The zero-order valence-corrected chi connectivity index (χ0v) is 15.3. The van der Waals surface area contributed by atoms with Crippen molar-refractivity contribution in [1.29, 1.82) is 0 Å². The van der Waals surface area contributed by atoms with E-state index in [2.05, 4.69) is 5.32 Å². The van der Waals surface area contributed by atoms with E-state index in [0.29, 0.717) is 16.5 Å². The summed E-state index contributed by atoms with van der Waals surface area (Å²) in [6.45, 7) is 2.07. The summed E-state index contributed by atoms with van der Waals surface area (Å²) in [7, 11) is 1.54. The first kappa shape index (κ1) is 18.0. The molecule has 0 aliphatic carbocycles. The molecular weight excluding hydrogens is 352 g/mol. The van der Waals surface area contributed by atoms with Crippen molar-refractivity contribution >= 4 is 35.2 Å². The summed E-state index contributed by atoms with van der Waals surface area (Å²) >= 11 is 6.12. The van der Waals surface area contributed by atoms with E-state index >= 15 is 0 Å². The molecule has 1 heterocycles. The Morgan fingerprint density at radius 3 is 2.77 bits per heavy atom. The number of halogens is 1. The standard InChI is InChI=1S/C20H19ClN2O3/c1-13-7-8-14(11-15(13)21)9-10-19(24)23-12-18(20(25)22-2)26-17-6-4-3-5-16(17)23/h3-11,18H,12H2,1-2H3,(H,22,25)/b10-9+/t18-/m0/s1. The Bertz CT molecular complexity index is 879. The van der Waals surface area contributed by atoms with Crippen LogP contribution in [0.5, 0.6) is 5.75 Å². The molecular formula is C20H19ClN2O3. The van der Waals surface area contributed by atoms with Crippen molar-refractivity contribution < 1.29 is 14.3 Å². The van der Waals surface area contributed by atoms with E-state index in [-0.39, 0.29) is 18.4 Å². The van der Waals surface area contributed by atoms with Crippen molar-refractivity contribution in [2.75, 3.05) is 18.5 Å². The number of aryl methyl sites for hydroxylation is 1. The van der Waals surface area contributed by atoms with Crippen LogP contribution in [-0.2, 0) is 9.59 Å². The van der Waals surface area contributed by atoms with E-state index in [1.54, 1.807) is 42.3 Å². The average Bonchev–Trinajstić information content (AvgIpc) is 2.67. The lowest BCUT2D eigenvalue weighted by molar-refractivity contribution is -0.127. The maximum absolute atomic E-state index is 12.8. The largest absolute Gasteiger partial charge is 0.477 e. The normalized spacial score (nSPS) is 16.1. The number of fused-ring (bicyclic) bond motifs is 1. The van der Waals surface area contributed by atoms with Gasteiger partial charge in [-0.2, -0.15) is 0 Å². The molecule has 0 spiro atoms. The molecule has 0 radical (unpaired) electrons. The van der Waals surface area contributed by atoms with Gasteiger partial charge in [0.15, 0.2) is 6.10 Å². The number of amides is 2. The number of nitrogens with zero attached hydrogens (tertiary/aromatic N) is 1. The van der Waals surface area contributed by atoms with Gasteiger partial charge in [0.05, 0.1) is 12.2 Å². The van der Waals surface area contributed by atoms with Crippen LogP contribution in [0.3, 0.4) is 0 Å². The van der Waals surface area contributed by atoms with Gasteiger partial charge in [0.25, 0.3) is 11.8 Å². The zero-order valence-electron chi connectivity index (χ0n) is 14.5. The predicted molar refractivity (Wildman–Crippen MR) is 103 cm³/mol. The van der Waals surface area contributed by atoms with Crippen LogP contribution in [0.1, 0.15) is 11.1 Å². The van der Waals surface area contributed by atoms with E-state index < -0.39 is 6.10 Å². The first-order chi connectivity index (χ1) is 12.5. The number of likely N-dealkylation sites (N-methyl/N-ethyl adjacent to an activating group) is 1. The number of carbonyl (C=O) groups is 2. The van der Waals surface area contributed by atoms with E-state index in [1.807, 2.05) is 25.1 Å². The molecule has 2 aromatic carbocycles. The van der Waals surface area contributed by atoms with Crippen LogP contribution in [0.2, 0.25) is 5.02 Å². The minimum Gasteiger partial charge on any atom is -0.477 e. The van der Waals surface area contributed by atoms with E-state index in [4.69, 9.17) is 16.3 Å². The summed E-state index contributed by atoms with van der Waals surface area (Å²) in [6, 6.07) is 12.8. The molecule has 0 fully saturated rings. The first-order valence-corrected chi connectivity index (χ1v) is 8.60. The predicted octanol–water partition coefficient (Wildman–Crippen LogP) is 3.20. The van der Waals surface area contributed by atoms with Gasteiger partial charge < -0.3 is 15.0 Å². The molecule has 5 nitrogen and oxygen atoms in total. The van der Waals surface area contributed by atoms with Gasteiger partial charge >= 0.3 is 0 Å². The molecule has 0 unspecified atom stereocenters. The number of benzene rings is 2. The number of ether oxygens (including phenoxy) is 1. The third kappa shape index (κ3) is 3.73. The maximum atomic E-state index is 12.8. The minimum atomic E-state index is -0.749.